The van der Waals surface area contributed by atoms with Crippen LogP contribution in [0.25, 0.3) is 0 Å². The molecule has 2 amide bonds. The topological polar surface area (TPSA) is 49.4 Å². The zero-order valence-electron chi connectivity index (χ0n) is 12.9. The normalized spacial score (nSPS) is 10.1. The van der Waals surface area contributed by atoms with Gasteiger partial charge in [0, 0.05) is 17.8 Å². The van der Waals surface area contributed by atoms with Crippen LogP contribution in [0.5, 0.6) is 0 Å². The Labute approximate surface area is 130 Å². The molecule has 0 unspecified atom stereocenters. The zero-order chi connectivity index (χ0) is 15.9. The molecule has 0 aliphatic carbocycles. The highest BCUT2D eigenvalue weighted by Gasteiger charge is 2.15. The molecule has 2 rings (SSSR count). The highest BCUT2D eigenvalue weighted by atomic mass is 16.2. The van der Waals surface area contributed by atoms with Crippen LogP contribution in [0.1, 0.15) is 22.8 Å². The number of benzene rings is 2. The van der Waals surface area contributed by atoms with Gasteiger partial charge in [0.15, 0.2) is 0 Å². The maximum Gasteiger partial charge on any atom is 0.251 e. The molecule has 2 aromatic carbocycles. The highest BCUT2D eigenvalue weighted by molar-refractivity contribution is 6.00. The summed E-state index contributed by atoms with van der Waals surface area (Å²) in [6, 6.07) is 16.7. The fourth-order valence-corrected chi connectivity index (χ4v) is 2.25. The summed E-state index contributed by atoms with van der Waals surface area (Å²) >= 11 is 0. The fraction of sp³-hybridized carbons (Fsp3) is 0.222. The molecule has 0 aliphatic heterocycles. The van der Waals surface area contributed by atoms with E-state index in [-0.39, 0.29) is 18.4 Å². The molecule has 0 radical (unpaired) electrons. The van der Waals surface area contributed by atoms with Crippen LogP contribution in [-0.4, -0.2) is 24.9 Å². The minimum atomic E-state index is -0.235. The molecular formula is C18H20N2O2. The van der Waals surface area contributed by atoms with Crippen LogP contribution in [0, 0.1) is 6.92 Å². The average Bonchev–Trinajstić information content (AvgIpc) is 2.54. The van der Waals surface area contributed by atoms with Crippen LogP contribution in [-0.2, 0) is 4.79 Å². The van der Waals surface area contributed by atoms with Crippen LogP contribution < -0.4 is 10.2 Å². The maximum atomic E-state index is 12.3. The molecule has 0 heterocycles. The van der Waals surface area contributed by atoms with Crippen molar-refractivity contribution in [3.05, 3.63) is 65.7 Å². The van der Waals surface area contributed by atoms with Crippen molar-refractivity contribution >= 4 is 17.5 Å². The van der Waals surface area contributed by atoms with Crippen molar-refractivity contribution in [1.82, 2.24) is 5.32 Å². The number of carbonyl (C=O) groups is 2. The number of hydrogen-bond donors (Lipinski definition) is 1. The molecule has 0 bridgehead atoms. The first-order valence-corrected chi connectivity index (χ1v) is 7.32. The van der Waals surface area contributed by atoms with E-state index in [1.54, 1.807) is 17.0 Å². The van der Waals surface area contributed by atoms with Crippen molar-refractivity contribution in [2.45, 2.75) is 13.8 Å². The van der Waals surface area contributed by atoms with Gasteiger partial charge in [-0.15, -0.1) is 0 Å². The second-order valence-corrected chi connectivity index (χ2v) is 5.03. The van der Waals surface area contributed by atoms with E-state index in [4.69, 9.17) is 0 Å². The number of carbonyl (C=O) groups excluding carboxylic acids is 2. The molecule has 0 spiro atoms. The van der Waals surface area contributed by atoms with E-state index in [2.05, 4.69) is 5.32 Å². The number of rotatable bonds is 5. The molecule has 1 N–H and O–H groups in total. The summed E-state index contributed by atoms with van der Waals surface area (Å²) in [6.45, 7) is 4.38. The van der Waals surface area contributed by atoms with E-state index in [1.807, 2.05) is 56.3 Å². The number of anilines is 1. The van der Waals surface area contributed by atoms with E-state index in [0.717, 1.165) is 11.3 Å². The predicted molar refractivity (Wildman–Crippen MR) is 88.0 cm³/mol. The predicted octanol–water partition coefficient (Wildman–Crippen LogP) is 2.78. The van der Waals surface area contributed by atoms with Crippen molar-refractivity contribution in [2.75, 3.05) is 18.0 Å². The van der Waals surface area contributed by atoms with Crippen molar-refractivity contribution in [2.24, 2.45) is 0 Å². The maximum absolute atomic E-state index is 12.3. The number of para-hydroxylation sites is 1. The third-order valence-electron chi connectivity index (χ3n) is 3.37. The van der Waals surface area contributed by atoms with Gasteiger partial charge in [-0.2, -0.15) is 0 Å². The Hall–Kier alpha value is -2.62. The van der Waals surface area contributed by atoms with Crippen molar-refractivity contribution in [3.8, 4) is 0 Å². The molecule has 4 nitrogen and oxygen atoms in total. The molecule has 22 heavy (non-hydrogen) atoms. The van der Waals surface area contributed by atoms with Crippen LogP contribution in [0.15, 0.2) is 54.6 Å². The Balaban J connectivity index is 1.98. The lowest BCUT2D eigenvalue weighted by molar-refractivity contribution is -0.117. The lowest BCUT2D eigenvalue weighted by Gasteiger charge is -2.21. The lowest BCUT2D eigenvalue weighted by atomic mass is 10.1. The number of nitrogens with one attached hydrogen (secondary N) is 1. The van der Waals surface area contributed by atoms with Gasteiger partial charge in [0.05, 0.1) is 6.54 Å². The van der Waals surface area contributed by atoms with E-state index in [9.17, 15) is 9.59 Å². The van der Waals surface area contributed by atoms with Gasteiger partial charge < -0.3 is 10.2 Å². The number of amides is 2. The molecule has 0 fully saturated rings. The molecule has 0 aromatic heterocycles. The second kappa shape index (κ2) is 7.41. The first-order chi connectivity index (χ1) is 10.6. The van der Waals surface area contributed by atoms with Gasteiger partial charge in [0.1, 0.15) is 0 Å². The first-order valence-electron chi connectivity index (χ1n) is 7.32. The Bertz CT molecular complexity index is 653. The Morgan fingerprint density at radius 1 is 1.05 bits per heavy atom. The number of hydrogen-bond acceptors (Lipinski definition) is 2. The summed E-state index contributed by atoms with van der Waals surface area (Å²) in [7, 11) is 0. The smallest absolute Gasteiger partial charge is 0.251 e. The van der Waals surface area contributed by atoms with Crippen LogP contribution in [0.4, 0.5) is 5.69 Å². The third-order valence-corrected chi connectivity index (χ3v) is 3.37. The summed E-state index contributed by atoms with van der Waals surface area (Å²) in [5.41, 5.74) is 2.41. The van der Waals surface area contributed by atoms with Gasteiger partial charge in [0.25, 0.3) is 5.91 Å². The van der Waals surface area contributed by atoms with Gasteiger partial charge in [0.2, 0.25) is 5.91 Å². The molecule has 4 heteroatoms. The van der Waals surface area contributed by atoms with Gasteiger partial charge in [-0.3, -0.25) is 9.59 Å². The highest BCUT2D eigenvalue weighted by Crippen LogP contribution is 2.12. The number of likely N-dealkylation sites (N-methyl/N-ethyl adjacent to an activating group) is 1. The SMILES string of the molecule is CCN(C(=O)CNC(=O)c1cccc(C)c1)c1ccccc1. The summed E-state index contributed by atoms with van der Waals surface area (Å²) < 4.78 is 0. The monoisotopic (exact) mass is 296 g/mol. The first kappa shape index (κ1) is 15.8. The molecular weight excluding hydrogens is 276 g/mol. The summed E-state index contributed by atoms with van der Waals surface area (Å²) in [5, 5.41) is 2.68. The average molecular weight is 296 g/mol. The van der Waals surface area contributed by atoms with Gasteiger partial charge in [-0.25, -0.2) is 0 Å². The van der Waals surface area contributed by atoms with Gasteiger partial charge in [-0.05, 0) is 38.1 Å². The summed E-state index contributed by atoms with van der Waals surface area (Å²) in [5.74, 6) is -0.365. The molecule has 0 atom stereocenters. The minimum Gasteiger partial charge on any atom is -0.343 e. The summed E-state index contributed by atoms with van der Waals surface area (Å²) in [4.78, 5) is 26.0. The van der Waals surface area contributed by atoms with E-state index >= 15 is 0 Å². The van der Waals surface area contributed by atoms with Crippen molar-refractivity contribution in [3.63, 3.8) is 0 Å². The molecule has 114 valence electrons. The lowest BCUT2D eigenvalue weighted by Crippen LogP contribution is -2.40. The summed E-state index contributed by atoms with van der Waals surface area (Å²) in [6.07, 6.45) is 0. The molecule has 2 aromatic rings. The molecule has 0 aliphatic rings. The Morgan fingerprint density at radius 2 is 1.77 bits per heavy atom. The Morgan fingerprint density at radius 3 is 2.41 bits per heavy atom. The van der Waals surface area contributed by atoms with Crippen molar-refractivity contribution < 1.29 is 9.59 Å². The minimum absolute atomic E-state index is 0.0183. The zero-order valence-corrected chi connectivity index (χ0v) is 12.9. The quantitative estimate of drug-likeness (QED) is 0.922. The van der Waals surface area contributed by atoms with E-state index in [0.29, 0.717) is 12.1 Å². The second-order valence-electron chi connectivity index (χ2n) is 5.03. The van der Waals surface area contributed by atoms with E-state index in [1.165, 1.54) is 0 Å². The number of aryl methyl sites for hydroxylation is 1. The number of nitrogens with zero attached hydrogens (tertiary/aromatic N) is 1. The van der Waals surface area contributed by atoms with Crippen molar-refractivity contribution in [1.29, 1.82) is 0 Å². The fourth-order valence-electron chi connectivity index (χ4n) is 2.25. The van der Waals surface area contributed by atoms with Crippen LogP contribution >= 0.6 is 0 Å². The van der Waals surface area contributed by atoms with Crippen LogP contribution in [0.3, 0.4) is 0 Å². The third kappa shape index (κ3) is 3.95. The standard InChI is InChI=1S/C18H20N2O2/c1-3-20(16-10-5-4-6-11-16)17(21)13-19-18(22)15-9-7-8-14(2)12-15/h4-12H,3,13H2,1-2H3,(H,19,22). The van der Waals surface area contributed by atoms with E-state index < -0.39 is 0 Å². The van der Waals surface area contributed by atoms with Gasteiger partial charge >= 0.3 is 0 Å². The molecule has 0 saturated carbocycles. The Kier molecular flexibility index (Phi) is 5.31. The van der Waals surface area contributed by atoms with Crippen LogP contribution in [0.2, 0.25) is 0 Å². The largest absolute Gasteiger partial charge is 0.343 e. The molecule has 0 saturated heterocycles. The van der Waals surface area contributed by atoms with Gasteiger partial charge in [-0.1, -0.05) is 35.9 Å².